The molecule has 0 unspecified atom stereocenters. The zero-order valence-electron chi connectivity index (χ0n) is 9.75. The predicted molar refractivity (Wildman–Crippen MR) is 74.7 cm³/mol. The summed E-state index contributed by atoms with van der Waals surface area (Å²) in [4.78, 5) is 0.747. The summed E-state index contributed by atoms with van der Waals surface area (Å²) in [6, 6.07) is 16.4. The first kappa shape index (κ1) is 11.8. The Kier molecular flexibility index (Phi) is 2.73. The Hall–Kier alpha value is -2.32. The third-order valence-electron chi connectivity index (χ3n) is 2.94. The number of nitriles is 1. The summed E-state index contributed by atoms with van der Waals surface area (Å²) in [5, 5.41) is 22.3. The molecule has 4 nitrogen and oxygen atoms in total. The zero-order valence-corrected chi connectivity index (χ0v) is 11.3. The summed E-state index contributed by atoms with van der Waals surface area (Å²) >= 11 is 3.35. The minimum atomic E-state index is 0.341. The lowest BCUT2D eigenvalue weighted by Crippen LogP contribution is -2.36. The summed E-state index contributed by atoms with van der Waals surface area (Å²) in [6.45, 7) is 0. The number of hydrogen-bond acceptors (Lipinski definition) is 2. The summed E-state index contributed by atoms with van der Waals surface area (Å²) in [6.07, 6.45) is 0. The van der Waals surface area contributed by atoms with Crippen molar-refractivity contribution >= 4 is 26.8 Å². The Morgan fingerprint density at radius 1 is 1.11 bits per heavy atom. The highest BCUT2D eigenvalue weighted by Gasteiger charge is 2.21. The molecule has 0 aliphatic carbocycles. The molecule has 19 heavy (non-hydrogen) atoms. The first-order chi connectivity index (χ1) is 9.22. The molecule has 3 aromatic rings. The number of hydrogen-bond donors (Lipinski definition) is 0. The van der Waals surface area contributed by atoms with Crippen molar-refractivity contribution in [3.63, 3.8) is 0 Å². The maximum absolute atomic E-state index is 12.3. The molecule has 0 saturated heterocycles. The smallest absolute Gasteiger partial charge is 0.253 e. The number of rotatable bonds is 1. The predicted octanol–water partition coefficient (Wildman–Crippen LogP) is 2.90. The second-order valence-corrected chi connectivity index (χ2v) is 4.95. The van der Waals surface area contributed by atoms with Crippen molar-refractivity contribution in [1.82, 2.24) is 4.68 Å². The van der Waals surface area contributed by atoms with Gasteiger partial charge in [0.2, 0.25) is 0 Å². The van der Waals surface area contributed by atoms with Gasteiger partial charge >= 0.3 is 0 Å². The van der Waals surface area contributed by atoms with Gasteiger partial charge in [-0.25, -0.2) is 0 Å². The quantitative estimate of drug-likeness (QED) is 0.512. The van der Waals surface area contributed by atoms with E-state index in [1.165, 1.54) is 4.68 Å². The van der Waals surface area contributed by atoms with Crippen LogP contribution in [0.5, 0.6) is 0 Å². The third kappa shape index (κ3) is 1.77. The maximum Gasteiger partial charge on any atom is 0.253 e. The molecule has 3 rings (SSSR count). The van der Waals surface area contributed by atoms with Crippen LogP contribution in [0.15, 0.2) is 53.0 Å². The van der Waals surface area contributed by atoms with Gasteiger partial charge in [0.15, 0.2) is 5.69 Å². The van der Waals surface area contributed by atoms with Crippen LogP contribution in [0.25, 0.3) is 16.6 Å². The lowest BCUT2D eigenvalue weighted by Gasteiger charge is -2.04. The average molecular weight is 314 g/mol. The van der Waals surface area contributed by atoms with Crippen LogP contribution in [0, 0.1) is 16.5 Å². The molecule has 0 bridgehead atoms. The van der Waals surface area contributed by atoms with E-state index in [1.54, 1.807) is 30.3 Å². The molecule has 1 aromatic heterocycles. The van der Waals surface area contributed by atoms with Crippen LogP contribution in [-0.4, -0.2) is 4.68 Å². The zero-order chi connectivity index (χ0) is 13.4. The molecule has 0 spiro atoms. The van der Waals surface area contributed by atoms with E-state index in [9.17, 15) is 10.5 Å². The van der Waals surface area contributed by atoms with Crippen LogP contribution < -0.4 is 4.85 Å². The van der Waals surface area contributed by atoms with Gasteiger partial charge in [-0.05, 0) is 30.3 Å². The molecule has 5 heteroatoms. The van der Waals surface area contributed by atoms with Gasteiger partial charge < -0.3 is 5.21 Å². The second-order valence-electron chi connectivity index (χ2n) is 4.04. The fourth-order valence-corrected chi connectivity index (χ4v) is 2.34. The summed E-state index contributed by atoms with van der Waals surface area (Å²) in [5.74, 6) is 0. The summed E-state index contributed by atoms with van der Waals surface area (Å²) < 4.78 is 2.29. The molecular weight excluding hydrogens is 306 g/mol. The molecule has 0 atom stereocenters. The molecule has 1 heterocycles. The molecule has 2 aromatic carbocycles. The largest absolute Gasteiger partial charge is 0.595 e. The van der Waals surface area contributed by atoms with Crippen molar-refractivity contribution < 1.29 is 4.85 Å². The minimum absolute atomic E-state index is 0.341. The Morgan fingerprint density at radius 3 is 2.47 bits per heavy atom. The van der Waals surface area contributed by atoms with Gasteiger partial charge in [0.1, 0.15) is 11.8 Å². The van der Waals surface area contributed by atoms with Crippen molar-refractivity contribution in [1.29, 1.82) is 5.26 Å². The van der Waals surface area contributed by atoms with E-state index >= 15 is 0 Å². The molecule has 0 saturated carbocycles. The van der Waals surface area contributed by atoms with Crippen LogP contribution >= 0.6 is 15.9 Å². The van der Waals surface area contributed by atoms with Crippen molar-refractivity contribution in [2.24, 2.45) is 0 Å². The lowest BCUT2D eigenvalue weighted by atomic mass is 10.2. The van der Waals surface area contributed by atoms with Gasteiger partial charge in [-0.3, -0.25) is 0 Å². The Morgan fingerprint density at radius 2 is 1.79 bits per heavy atom. The van der Waals surface area contributed by atoms with Crippen LogP contribution in [0.3, 0.4) is 0 Å². The number of benzene rings is 2. The highest BCUT2D eigenvalue weighted by Crippen LogP contribution is 2.20. The number of para-hydroxylation sites is 1. The van der Waals surface area contributed by atoms with Gasteiger partial charge in [-0.15, -0.1) is 0 Å². The molecule has 92 valence electrons. The SMILES string of the molecule is N#Cc1c2ccccc2[n+]([O-])n1-c1ccc(Br)cc1. The Labute approximate surface area is 117 Å². The Bertz CT molecular complexity index is 800. The van der Waals surface area contributed by atoms with Crippen LogP contribution in [-0.2, 0) is 0 Å². The van der Waals surface area contributed by atoms with E-state index in [4.69, 9.17) is 0 Å². The normalized spacial score (nSPS) is 10.5. The topological polar surface area (TPSA) is 55.7 Å². The highest BCUT2D eigenvalue weighted by atomic mass is 79.9. The standard InChI is InChI=1S/C14H8BrN3O/c15-10-5-7-11(8-6-10)17-14(9-16)12-3-1-2-4-13(12)18(17)19/h1-8H. The van der Waals surface area contributed by atoms with Gasteiger partial charge in [0, 0.05) is 10.5 Å². The summed E-state index contributed by atoms with van der Waals surface area (Å²) in [5.41, 5.74) is 1.49. The second kappa shape index (κ2) is 4.41. The first-order valence-electron chi connectivity index (χ1n) is 5.61. The average Bonchev–Trinajstić information content (AvgIpc) is 2.73. The fraction of sp³-hybridized carbons (Fsp3) is 0. The monoisotopic (exact) mass is 313 g/mol. The van der Waals surface area contributed by atoms with Crippen molar-refractivity contribution in [3.05, 3.63) is 63.9 Å². The number of halogens is 1. The van der Waals surface area contributed by atoms with Crippen molar-refractivity contribution in [3.8, 4) is 11.8 Å². The molecule has 0 radical (unpaired) electrons. The van der Waals surface area contributed by atoms with Crippen molar-refractivity contribution in [2.75, 3.05) is 0 Å². The van der Waals surface area contributed by atoms with E-state index in [-0.39, 0.29) is 0 Å². The van der Waals surface area contributed by atoms with Crippen molar-refractivity contribution in [2.45, 2.75) is 0 Å². The van der Waals surface area contributed by atoms with E-state index in [2.05, 4.69) is 22.0 Å². The summed E-state index contributed by atoms with van der Waals surface area (Å²) in [7, 11) is 0. The van der Waals surface area contributed by atoms with Crippen LogP contribution in [0.4, 0.5) is 0 Å². The number of aromatic nitrogens is 2. The molecule has 0 fully saturated rings. The number of fused-ring (bicyclic) bond motifs is 1. The third-order valence-corrected chi connectivity index (χ3v) is 3.46. The number of nitrogens with zero attached hydrogens (tertiary/aromatic N) is 3. The van der Waals surface area contributed by atoms with E-state index in [1.807, 2.05) is 18.2 Å². The molecule has 0 aliphatic heterocycles. The molecular formula is C14H8BrN3O. The maximum atomic E-state index is 12.3. The molecule has 0 amide bonds. The van der Waals surface area contributed by atoms with Gasteiger partial charge in [-0.2, -0.15) is 5.26 Å². The van der Waals surface area contributed by atoms with Gasteiger partial charge in [0.25, 0.3) is 5.52 Å². The van der Waals surface area contributed by atoms with E-state index < -0.39 is 0 Å². The highest BCUT2D eigenvalue weighted by molar-refractivity contribution is 9.10. The molecule has 0 aliphatic rings. The van der Waals surface area contributed by atoms with Crippen LogP contribution in [0.2, 0.25) is 0 Å². The van der Waals surface area contributed by atoms with E-state index in [0.29, 0.717) is 22.3 Å². The minimum Gasteiger partial charge on any atom is -0.595 e. The lowest BCUT2D eigenvalue weighted by molar-refractivity contribution is -0.659. The van der Waals surface area contributed by atoms with Gasteiger partial charge in [-0.1, -0.05) is 37.6 Å². The molecule has 0 N–H and O–H groups in total. The first-order valence-corrected chi connectivity index (χ1v) is 6.41. The van der Waals surface area contributed by atoms with E-state index in [0.717, 1.165) is 9.32 Å². The van der Waals surface area contributed by atoms with Crippen LogP contribution in [0.1, 0.15) is 5.69 Å². The Balaban J connectivity index is 2.38. The van der Waals surface area contributed by atoms with Gasteiger partial charge in [0.05, 0.1) is 5.39 Å². The fourth-order valence-electron chi connectivity index (χ4n) is 2.08.